The number of fused-ring (bicyclic) bond motifs is 1. The van der Waals surface area contributed by atoms with E-state index in [1.165, 1.54) is 23.1 Å². The second-order valence-corrected chi connectivity index (χ2v) is 7.59. The zero-order chi connectivity index (χ0) is 17.6. The quantitative estimate of drug-likeness (QED) is 0.842. The number of carboxylic acid groups (broad SMARTS) is 1. The summed E-state index contributed by atoms with van der Waals surface area (Å²) in [5, 5.41) is 9.00. The largest absolute Gasteiger partial charge is 0.481 e. The lowest BCUT2D eigenvalue weighted by Crippen LogP contribution is -2.30. The number of carbonyl (C=O) groups excluding carboxylic acids is 2. The molecule has 8 nitrogen and oxygen atoms in total. The summed E-state index contributed by atoms with van der Waals surface area (Å²) in [5.41, 5.74) is 0.187. The molecule has 2 aliphatic rings. The molecule has 3 rings (SSSR count). The lowest BCUT2D eigenvalue weighted by Gasteiger charge is -2.16. The van der Waals surface area contributed by atoms with Gasteiger partial charge in [0.15, 0.2) is 0 Å². The Bertz CT molecular complexity index is 848. The highest BCUT2D eigenvalue weighted by Gasteiger charge is 2.41. The molecule has 0 aliphatic carbocycles. The average molecular weight is 352 g/mol. The van der Waals surface area contributed by atoms with Gasteiger partial charge < -0.3 is 10.0 Å². The zero-order valence-corrected chi connectivity index (χ0v) is 13.7. The van der Waals surface area contributed by atoms with E-state index >= 15 is 0 Å². The van der Waals surface area contributed by atoms with Crippen LogP contribution in [0.2, 0.25) is 0 Å². The van der Waals surface area contributed by atoms with E-state index in [1.54, 1.807) is 6.92 Å². The number of nitrogens with zero attached hydrogens (tertiary/aromatic N) is 2. The molecule has 0 radical (unpaired) electrons. The van der Waals surface area contributed by atoms with E-state index in [1.807, 2.05) is 0 Å². The Kier molecular flexibility index (Phi) is 3.83. The van der Waals surface area contributed by atoms with E-state index in [0.717, 1.165) is 4.31 Å². The minimum Gasteiger partial charge on any atom is -0.481 e. The van der Waals surface area contributed by atoms with Crippen LogP contribution in [0.3, 0.4) is 0 Å². The fourth-order valence-corrected chi connectivity index (χ4v) is 4.65. The lowest BCUT2D eigenvalue weighted by atomic mass is 10.1. The Balaban J connectivity index is 1.92. The van der Waals surface area contributed by atoms with E-state index < -0.39 is 33.7 Å². The number of likely N-dealkylation sites (tertiary alicyclic amines) is 1. The summed E-state index contributed by atoms with van der Waals surface area (Å²) in [6.07, 6.45) is 0.367. The van der Waals surface area contributed by atoms with Gasteiger partial charge in [-0.25, -0.2) is 12.7 Å². The first kappa shape index (κ1) is 16.4. The topological polar surface area (TPSA) is 112 Å². The molecule has 1 aromatic rings. The molecule has 0 aromatic heterocycles. The molecule has 1 fully saturated rings. The third kappa shape index (κ3) is 2.35. The Labute approximate surface area is 138 Å². The fourth-order valence-electron chi connectivity index (χ4n) is 3.05. The van der Waals surface area contributed by atoms with Gasteiger partial charge in [0.2, 0.25) is 0 Å². The van der Waals surface area contributed by atoms with E-state index in [9.17, 15) is 22.8 Å². The Morgan fingerprint density at radius 2 is 2.04 bits per heavy atom. The molecule has 1 aromatic carbocycles. The van der Waals surface area contributed by atoms with Crippen LogP contribution in [0, 0.1) is 5.92 Å². The molecule has 1 unspecified atom stereocenters. The van der Waals surface area contributed by atoms with E-state index in [2.05, 4.69) is 0 Å². The highest BCUT2D eigenvalue weighted by atomic mass is 32.2. The number of hydrogen-bond donors (Lipinski definition) is 1. The second kappa shape index (κ2) is 5.59. The minimum atomic E-state index is -3.93. The Morgan fingerprint density at radius 3 is 2.62 bits per heavy atom. The first-order chi connectivity index (χ1) is 11.3. The van der Waals surface area contributed by atoms with Crippen LogP contribution in [0.5, 0.6) is 0 Å². The predicted octanol–water partition coefficient (Wildman–Crippen LogP) is 0.398. The van der Waals surface area contributed by atoms with Crippen molar-refractivity contribution < 1.29 is 27.9 Å². The maximum absolute atomic E-state index is 12.5. The van der Waals surface area contributed by atoms with Crippen molar-refractivity contribution in [2.75, 3.05) is 19.6 Å². The van der Waals surface area contributed by atoms with Gasteiger partial charge >= 0.3 is 5.97 Å². The van der Waals surface area contributed by atoms with Gasteiger partial charge in [-0.3, -0.25) is 14.4 Å². The summed E-state index contributed by atoms with van der Waals surface area (Å²) < 4.78 is 25.5. The fraction of sp³-hybridized carbons (Fsp3) is 0.400. The Hall–Kier alpha value is -2.42. The van der Waals surface area contributed by atoms with Crippen LogP contribution in [0.1, 0.15) is 34.1 Å². The maximum atomic E-state index is 12.5. The van der Waals surface area contributed by atoms with Gasteiger partial charge in [-0.1, -0.05) is 0 Å². The first-order valence-corrected chi connectivity index (χ1v) is 8.94. The molecule has 0 spiro atoms. The molecule has 1 N–H and O–H groups in total. The number of rotatable bonds is 3. The molecule has 9 heteroatoms. The highest BCUT2D eigenvalue weighted by molar-refractivity contribution is 7.90. The number of benzene rings is 1. The summed E-state index contributed by atoms with van der Waals surface area (Å²) in [4.78, 5) is 36.8. The van der Waals surface area contributed by atoms with Crippen molar-refractivity contribution in [1.29, 1.82) is 0 Å². The number of hydrogen-bond acceptors (Lipinski definition) is 5. The summed E-state index contributed by atoms with van der Waals surface area (Å²) in [6, 6.07) is 3.94. The number of sulfonamides is 1. The molecule has 2 aliphatic heterocycles. The summed E-state index contributed by atoms with van der Waals surface area (Å²) in [6.45, 7) is 1.98. The van der Waals surface area contributed by atoms with E-state index in [-0.39, 0.29) is 29.1 Å². The van der Waals surface area contributed by atoms with Gasteiger partial charge in [0.1, 0.15) is 4.90 Å². The summed E-state index contributed by atoms with van der Waals surface area (Å²) >= 11 is 0. The van der Waals surface area contributed by atoms with Gasteiger partial charge in [0, 0.05) is 25.2 Å². The molecule has 2 amide bonds. The average Bonchev–Trinajstić information content (AvgIpc) is 3.10. The second-order valence-electron chi connectivity index (χ2n) is 5.76. The maximum Gasteiger partial charge on any atom is 0.308 e. The standard InChI is InChI=1S/C15H16N2O6S/c1-2-17-14(19)11-4-3-9(7-12(11)24(17,22)23)13(18)16-6-5-10(8-16)15(20)21/h3-4,7,10H,2,5-6,8H2,1H3,(H,20,21). The molecule has 1 atom stereocenters. The molecular formula is C15H16N2O6S. The summed E-state index contributed by atoms with van der Waals surface area (Å²) in [5.74, 6) is -2.59. The molecular weight excluding hydrogens is 336 g/mol. The lowest BCUT2D eigenvalue weighted by molar-refractivity contribution is -0.141. The number of aliphatic carboxylic acids is 1. The monoisotopic (exact) mass is 352 g/mol. The number of amides is 2. The SMILES string of the molecule is CCN1C(=O)c2ccc(C(=O)N3CCC(C(=O)O)C3)cc2S1(=O)=O. The normalized spacial score (nSPS) is 21.9. The molecule has 0 bridgehead atoms. The summed E-state index contributed by atoms with van der Waals surface area (Å²) in [7, 11) is -3.93. The van der Waals surface area contributed by atoms with Gasteiger partial charge in [0.25, 0.3) is 21.8 Å². The Morgan fingerprint density at radius 1 is 1.33 bits per heavy atom. The van der Waals surface area contributed by atoms with Gasteiger partial charge in [-0.2, -0.15) is 0 Å². The third-order valence-corrected chi connectivity index (χ3v) is 6.26. The molecule has 24 heavy (non-hydrogen) atoms. The third-order valence-electron chi connectivity index (χ3n) is 4.37. The van der Waals surface area contributed by atoms with E-state index in [4.69, 9.17) is 5.11 Å². The van der Waals surface area contributed by atoms with Crippen LogP contribution in [0.4, 0.5) is 0 Å². The van der Waals surface area contributed by atoms with Gasteiger partial charge in [-0.05, 0) is 31.5 Å². The van der Waals surface area contributed by atoms with Gasteiger partial charge in [0.05, 0.1) is 11.5 Å². The van der Waals surface area contributed by atoms with Crippen LogP contribution in [0.15, 0.2) is 23.1 Å². The van der Waals surface area contributed by atoms with Crippen molar-refractivity contribution in [3.05, 3.63) is 29.3 Å². The van der Waals surface area contributed by atoms with Crippen molar-refractivity contribution in [1.82, 2.24) is 9.21 Å². The smallest absolute Gasteiger partial charge is 0.308 e. The van der Waals surface area contributed by atoms with Crippen molar-refractivity contribution in [3.8, 4) is 0 Å². The van der Waals surface area contributed by atoms with Crippen molar-refractivity contribution in [2.45, 2.75) is 18.2 Å². The van der Waals surface area contributed by atoms with E-state index in [0.29, 0.717) is 13.0 Å². The molecule has 2 heterocycles. The van der Waals surface area contributed by atoms with Crippen LogP contribution >= 0.6 is 0 Å². The number of carbonyl (C=O) groups is 3. The minimum absolute atomic E-state index is 0.0194. The number of carboxylic acids is 1. The molecule has 128 valence electrons. The molecule has 1 saturated heterocycles. The van der Waals surface area contributed by atoms with Crippen molar-refractivity contribution in [2.24, 2.45) is 5.92 Å². The van der Waals surface area contributed by atoms with Crippen molar-refractivity contribution in [3.63, 3.8) is 0 Å². The molecule has 0 saturated carbocycles. The predicted molar refractivity (Wildman–Crippen MR) is 82.0 cm³/mol. The van der Waals surface area contributed by atoms with Crippen LogP contribution < -0.4 is 0 Å². The van der Waals surface area contributed by atoms with Crippen LogP contribution in [-0.4, -0.2) is 60.1 Å². The van der Waals surface area contributed by atoms with Crippen molar-refractivity contribution >= 4 is 27.8 Å². The zero-order valence-electron chi connectivity index (χ0n) is 12.9. The van der Waals surface area contributed by atoms with Crippen LogP contribution in [-0.2, 0) is 14.8 Å². The van der Waals surface area contributed by atoms with Crippen LogP contribution in [0.25, 0.3) is 0 Å². The highest BCUT2D eigenvalue weighted by Crippen LogP contribution is 2.31. The van der Waals surface area contributed by atoms with Gasteiger partial charge in [-0.15, -0.1) is 0 Å². The first-order valence-electron chi connectivity index (χ1n) is 7.50.